The molecule has 0 bridgehead atoms. The van der Waals surface area contributed by atoms with Crippen LogP contribution in [-0.4, -0.2) is 33.7 Å². The van der Waals surface area contributed by atoms with E-state index >= 15 is 0 Å². The lowest BCUT2D eigenvalue weighted by molar-refractivity contribution is 0.537. The Morgan fingerprint density at radius 2 is 1.79 bits per heavy atom. The van der Waals surface area contributed by atoms with Gasteiger partial charge in [0.15, 0.2) is 5.65 Å². The van der Waals surface area contributed by atoms with Gasteiger partial charge in [0.05, 0.1) is 17.8 Å². The van der Waals surface area contributed by atoms with Gasteiger partial charge in [-0.25, -0.2) is 9.67 Å². The first kappa shape index (κ1) is 17.6. The molecule has 0 N–H and O–H groups in total. The predicted molar refractivity (Wildman–Crippen MR) is 109 cm³/mol. The van der Waals surface area contributed by atoms with Crippen molar-refractivity contribution in [1.29, 1.82) is 0 Å². The molecule has 0 radical (unpaired) electrons. The number of nitrogens with zero attached hydrogens (tertiary/aromatic N) is 5. The number of benzene rings is 2. The first-order chi connectivity index (χ1) is 14.2. The molecular weight excluding hydrogens is 386 g/mol. The SMILES string of the molecule is O=S([O-])c1ccc(-c2ccc3nnn(Cc4ccc5ncccc5c4)c3n2)cc1. The lowest BCUT2D eigenvalue weighted by atomic mass is 10.1. The van der Waals surface area contributed by atoms with Crippen LogP contribution in [0.25, 0.3) is 33.3 Å². The van der Waals surface area contributed by atoms with Crippen LogP contribution in [0.4, 0.5) is 0 Å². The lowest BCUT2D eigenvalue weighted by Gasteiger charge is -2.07. The lowest BCUT2D eigenvalue weighted by Crippen LogP contribution is -2.03. The van der Waals surface area contributed by atoms with Crippen molar-refractivity contribution in [1.82, 2.24) is 25.0 Å². The molecule has 0 saturated carbocycles. The van der Waals surface area contributed by atoms with Crippen molar-refractivity contribution < 1.29 is 8.76 Å². The third kappa shape index (κ3) is 3.39. The molecule has 0 aliphatic rings. The fourth-order valence-electron chi connectivity index (χ4n) is 3.25. The van der Waals surface area contributed by atoms with Gasteiger partial charge < -0.3 is 4.55 Å². The second-order valence-electron chi connectivity index (χ2n) is 6.58. The highest BCUT2D eigenvalue weighted by Crippen LogP contribution is 2.22. The smallest absolute Gasteiger partial charge is 0.179 e. The fraction of sp³-hybridized carbons (Fsp3) is 0.0476. The minimum Gasteiger partial charge on any atom is -0.768 e. The summed E-state index contributed by atoms with van der Waals surface area (Å²) in [4.78, 5) is 9.30. The van der Waals surface area contributed by atoms with Crippen molar-refractivity contribution in [2.45, 2.75) is 11.4 Å². The van der Waals surface area contributed by atoms with E-state index < -0.39 is 11.1 Å². The molecule has 7 nitrogen and oxygen atoms in total. The average molecular weight is 400 g/mol. The molecule has 5 aromatic rings. The molecule has 29 heavy (non-hydrogen) atoms. The van der Waals surface area contributed by atoms with Crippen molar-refractivity contribution in [2.24, 2.45) is 0 Å². The van der Waals surface area contributed by atoms with Gasteiger partial charge in [-0.05, 0) is 59.1 Å². The minimum atomic E-state index is -2.24. The summed E-state index contributed by atoms with van der Waals surface area (Å²) in [5, 5.41) is 9.52. The molecule has 142 valence electrons. The highest BCUT2D eigenvalue weighted by atomic mass is 32.2. The van der Waals surface area contributed by atoms with Crippen LogP contribution >= 0.6 is 0 Å². The summed E-state index contributed by atoms with van der Waals surface area (Å²) in [5.74, 6) is 0. The first-order valence-corrected chi connectivity index (χ1v) is 9.98. The van der Waals surface area contributed by atoms with Gasteiger partial charge in [-0.2, -0.15) is 0 Å². The molecule has 0 amide bonds. The summed E-state index contributed by atoms with van der Waals surface area (Å²) < 4.78 is 23.9. The highest BCUT2D eigenvalue weighted by Gasteiger charge is 2.10. The second-order valence-corrected chi connectivity index (χ2v) is 7.52. The Balaban J connectivity index is 1.51. The molecule has 0 aliphatic carbocycles. The zero-order valence-electron chi connectivity index (χ0n) is 15.1. The molecule has 3 aromatic heterocycles. The van der Waals surface area contributed by atoms with E-state index in [4.69, 9.17) is 4.98 Å². The Labute approximate surface area is 168 Å². The maximum absolute atomic E-state index is 11.0. The van der Waals surface area contributed by atoms with Gasteiger partial charge in [-0.15, -0.1) is 5.10 Å². The molecule has 0 spiro atoms. The maximum Gasteiger partial charge on any atom is 0.179 e. The van der Waals surface area contributed by atoms with Crippen LogP contribution in [0, 0.1) is 0 Å². The standard InChI is InChI=1S/C21H15N5O2S/c27-29(28)17-6-4-15(5-7-17)19-9-10-20-21(23-19)26(25-24-20)13-14-3-8-18-16(12-14)2-1-11-22-18/h1-12H,13H2,(H,27,28)/p-1. The summed E-state index contributed by atoms with van der Waals surface area (Å²) in [6, 6.07) is 20.4. The molecule has 1 atom stereocenters. The summed E-state index contributed by atoms with van der Waals surface area (Å²) >= 11 is -2.24. The summed E-state index contributed by atoms with van der Waals surface area (Å²) in [6.45, 7) is 0.534. The van der Waals surface area contributed by atoms with E-state index in [1.807, 2.05) is 36.4 Å². The van der Waals surface area contributed by atoms with Crippen LogP contribution in [0.2, 0.25) is 0 Å². The number of aromatic nitrogens is 5. The average Bonchev–Trinajstić information content (AvgIpc) is 3.15. The van der Waals surface area contributed by atoms with Crippen LogP contribution in [0.15, 0.2) is 77.8 Å². The van der Waals surface area contributed by atoms with Gasteiger partial charge in [-0.3, -0.25) is 9.19 Å². The molecule has 0 saturated heterocycles. The third-order valence-corrected chi connectivity index (χ3v) is 5.36. The third-order valence-electron chi connectivity index (χ3n) is 4.70. The number of fused-ring (bicyclic) bond motifs is 2. The molecule has 5 rings (SSSR count). The van der Waals surface area contributed by atoms with Crippen molar-refractivity contribution in [3.63, 3.8) is 0 Å². The van der Waals surface area contributed by atoms with Crippen LogP contribution in [0.5, 0.6) is 0 Å². The number of rotatable bonds is 4. The normalized spacial score (nSPS) is 12.4. The van der Waals surface area contributed by atoms with E-state index in [1.54, 1.807) is 35.1 Å². The van der Waals surface area contributed by atoms with Crippen LogP contribution in [-0.2, 0) is 17.6 Å². The Kier molecular flexibility index (Phi) is 4.34. The summed E-state index contributed by atoms with van der Waals surface area (Å²) in [5.41, 5.74) is 4.95. The fourth-order valence-corrected chi connectivity index (χ4v) is 3.61. The van der Waals surface area contributed by atoms with Crippen molar-refractivity contribution in [3.05, 3.63) is 78.5 Å². The summed E-state index contributed by atoms with van der Waals surface area (Å²) in [7, 11) is 0. The minimum absolute atomic E-state index is 0.243. The van der Waals surface area contributed by atoms with Crippen LogP contribution < -0.4 is 0 Å². The molecule has 0 aliphatic heterocycles. The molecule has 1 unspecified atom stereocenters. The monoisotopic (exact) mass is 400 g/mol. The highest BCUT2D eigenvalue weighted by molar-refractivity contribution is 7.79. The van der Waals surface area contributed by atoms with Gasteiger partial charge in [0, 0.05) is 22.0 Å². The van der Waals surface area contributed by atoms with E-state index in [9.17, 15) is 8.76 Å². The Morgan fingerprint density at radius 1 is 0.966 bits per heavy atom. The van der Waals surface area contributed by atoms with Gasteiger partial charge >= 0.3 is 0 Å². The van der Waals surface area contributed by atoms with Crippen LogP contribution in [0.3, 0.4) is 0 Å². The van der Waals surface area contributed by atoms with E-state index in [2.05, 4.69) is 21.4 Å². The van der Waals surface area contributed by atoms with Gasteiger partial charge in [0.2, 0.25) is 0 Å². The molecular formula is C21H14N5O2S-. The maximum atomic E-state index is 11.0. The largest absolute Gasteiger partial charge is 0.768 e. The topological polar surface area (TPSA) is 96.6 Å². The van der Waals surface area contributed by atoms with Crippen molar-refractivity contribution >= 4 is 33.1 Å². The van der Waals surface area contributed by atoms with Crippen molar-refractivity contribution in [2.75, 3.05) is 0 Å². The van der Waals surface area contributed by atoms with E-state index in [1.165, 1.54) is 0 Å². The Hall–Kier alpha value is -3.49. The van der Waals surface area contributed by atoms with E-state index in [-0.39, 0.29) is 4.90 Å². The first-order valence-electron chi connectivity index (χ1n) is 8.91. The number of hydrogen-bond acceptors (Lipinski definition) is 6. The Bertz CT molecular complexity index is 1360. The van der Waals surface area contributed by atoms with Gasteiger partial charge in [0.25, 0.3) is 0 Å². The molecule has 2 aromatic carbocycles. The van der Waals surface area contributed by atoms with Crippen LogP contribution in [0.1, 0.15) is 5.56 Å². The van der Waals surface area contributed by atoms with E-state index in [0.29, 0.717) is 17.7 Å². The zero-order chi connectivity index (χ0) is 19.8. The molecule has 8 heteroatoms. The van der Waals surface area contributed by atoms with Gasteiger partial charge in [-0.1, -0.05) is 29.5 Å². The number of hydrogen-bond donors (Lipinski definition) is 0. The zero-order valence-corrected chi connectivity index (χ0v) is 15.9. The molecule has 0 fully saturated rings. The predicted octanol–water partition coefficient (Wildman–Crippen LogP) is 3.33. The summed E-state index contributed by atoms with van der Waals surface area (Å²) in [6.07, 6.45) is 1.78. The quantitative estimate of drug-likeness (QED) is 0.429. The van der Waals surface area contributed by atoms with Crippen molar-refractivity contribution in [3.8, 4) is 11.3 Å². The van der Waals surface area contributed by atoms with E-state index in [0.717, 1.165) is 27.7 Å². The second kappa shape index (κ2) is 7.16. The molecule has 3 heterocycles. The van der Waals surface area contributed by atoms with Gasteiger partial charge in [0.1, 0.15) is 5.52 Å². The number of pyridine rings is 2. The Morgan fingerprint density at radius 3 is 2.62 bits per heavy atom.